The van der Waals surface area contributed by atoms with Crippen LogP contribution in [0.4, 0.5) is 10.2 Å². The average Bonchev–Trinajstić information content (AvgIpc) is 2.83. The van der Waals surface area contributed by atoms with E-state index in [1.54, 1.807) is 19.1 Å². The number of amides is 1. The second-order valence-electron chi connectivity index (χ2n) is 6.30. The maximum Gasteiger partial charge on any atom is 0.251 e. The third-order valence-corrected chi connectivity index (χ3v) is 4.06. The molecule has 7 heteroatoms. The molecule has 2 N–H and O–H groups in total. The molecule has 1 heterocycles. The molecule has 1 aromatic carbocycles. The minimum Gasteiger partial charge on any atom is -0.363 e. The largest absolute Gasteiger partial charge is 0.363 e. The molecule has 1 aromatic heterocycles. The van der Waals surface area contributed by atoms with Crippen molar-refractivity contribution in [2.45, 2.75) is 20.4 Å². The molecule has 0 atom stereocenters. The number of rotatable bonds is 7. The molecular weight excluding hydrogens is 321 g/mol. The van der Waals surface area contributed by atoms with Crippen LogP contribution < -0.4 is 15.5 Å². The predicted molar refractivity (Wildman–Crippen MR) is 97.4 cm³/mol. The van der Waals surface area contributed by atoms with Crippen LogP contribution in [-0.2, 0) is 13.6 Å². The molecule has 0 bridgehead atoms. The summed E-state index contributed by atoms with van der Waals surface area (Å²) in [4.78, 5) is 14.0. The molecule has 0 saturated heterocycles. The Kier molecular flexibility index (Phi) is 6.14. The van der Waals surface area contributed by atoms with Crippen LogP contribution in [0.3, 0.4) is 0 Å². The highest BCUT2D eigenvalue weighted by molar-refractivity contribution is 5.94. The van der Waals surface area contributed by atoms with E-state index < -0.39 is 0 Å². The van der Waals surface area contributed by atoms with Crippen molar-refractivity contribution in [3.8, 4) is 0 Å². The number of halogens is 1. The normalized spacial score (nSPS) is 10.8. The van der Waals surface area contributed by atoms with Crippen LogP contribution in [0.25, 0.3) is 0 Å². The van der Waals surface area contributed by atoms with E-state index in [4.69, 9.17) is 0 Å². The molecule has 2 rings (SSSR count). The van der Waals surface area contributed by atoms with Crippen LogP contribution in [-0.4, -0.2) is 42.9 Å². The Balaban J connectivity index is 1.82. The number of carbonyl (C=O) groups excluding carboxylic acids is 1. The van der Waals surface area contributed by atoms with E-state index in [-0.39, 0.29) is 11.7 Å². The van der Waals surface area contributed by atoms with Gasteiger partial charge in [-0.2, -0.15) is 5.10 Å². The molecule has 0 saturated carbocycles. The van der Waals surface area contributed by atoms with Crippen LogP contribution in [0.15, 0.2) is 18.2 Å². The summed E-state index contributed by atoms with van der Waals surface area (Å²) in [7, 11) is 5.90. The highest BCUT2D eigenvalue weighted by Crippen LogP contribution is 2.20. The van der Waals surface area contributed by atoms with Gasteiger partial charge in [-0.25, -0.2) is 4.39 Å². The van der Waals surface area contributed by atoms with Gasteiger partial charge < -0.3 is 15.5 Å². The molecule has 2 aromatic rings. The summed E-state index contributed by atoms with van der Waals surface area (Å²) in [5.41, 5.74) is 2.99. The van der Waals surface area contributed by atoms with Crippen molar-refractivity contribution >= 4 is 11.7 Å². The number of carbonyl (C=O) groups is 1. The van der Waals surface area contributed by atoms with Crippen molar-refractivity contribution in [2.75, 3.05) is 32.1 Å². The van der Waals surface area contributed by atoms with Gasteiger partial charge in [-0.1, -0.05) is 6.07 Å². The predicted octanol–water partition coefficient (Wildman–Crippen LogP) is 1.76. The smallest absolute Gasteiger partial charge is 0.251 e. The summed E-state index contributed by atoms with van der Waals surface area (Å²) >= 11 is 0. The van der Waals surface area contributed by atoms with Crippen LogP contribution in [0.2, 0.25) is 0 Å². The van der Waals surface area contributed by atoms with Gasteiger partial charge in [0.1, 0.15) is 11.6 Å². The lowest BCUT2D eigenvalue weighted by Crippen LogP contribution is -2.32. The summed E-state index contributed by atoms with van der Waals surface area (Å²) in [6, 6.07) is 4.50. The third-order valence-electron chi connectivity index (χ3n) is 4.06. The topological polar surface area (TPSA) is 62.2 Å². The SMILES string of the molecule is Cc1ccc(C(=O)NCCNCc2c(C)nn(C)c2N(C)C)cc1F. The minimum absolute atomic E-state index is 0.271. The minimum atomic E-state index is -0.367. The van der Waals surface area contributed by atoms with Crippen LogP contribution in [0, 0.1) is 19.7 Å². The summed E-state index contributed by atoms with van der Waals surface area (Å²) in [6.45, 7) is 5.40. The Hall–Kier alpha value is -2.41. The van der Waals surface area contributed by atoms with E-state index >= 15 is 0 Å². The highest BCUT2D eigenvalue weighted by Gasteiger charge is 2.14. The van der Waals surface area contributed by atoms with Gasteiger partial charge in [0.25, 0.3) is 5.91 Å². The number of hydrogen-bond donors (Lipinski definition) is 2. The molecule has 25 heavy (non-hydrogen) atoms. The van der Waals surface area contributed by atoms with Crippen LogP contribution >= 0.6 is 0 Å². The van der Waals surface area contributed by atoms with Crippen molar-refractivity contribution in [3.05, 3.63) is 46.4 Å². The van der Waals surface area contributed by atoms with E-state index in [2.05, 4.69) is 15.7 Å². The Morgan fingerprint density at radius 1 is 1.28 bits per heavy atom. The fourth-order valence-corrected chi connectivity index (χ4v) is 2.77. The first kappa shape index (κ1) is 18.9. The first-order valence-corrected chi connectivity index (χ1v) is 8.26. The summed E-state index contributed by atoms with van der Waals surface area (Å²) in [6.07, 6.45) is 0. The monoisotopic (exact) mass is 347 g/mol. The van der Waals surface area contributed by atoms with Crippen LogP contribution in [0.1, 0.15) is 27.2 Å². The van der Waals surface area contributed by atoms with E-state index in [0.717, 1.165) is 17.1 Å². The van der Waals surface area contributed by atoms with Gasteiger partial charge in [-0.15, -0.1) is 0 Å². The van der Waals surface area contributed by atoms with Crippen molar-refractivity contribution in [3.63, 3.8) is 0 Å². The summed E-state index contributed by atoms with van der Waals surface area (Å²) in [5.74, 6) is 0.422. The van der Waals surface area contributed by atoms with Crippen molar-refractivity contribution in [1.82, 2.24) is 20.4 Å². The number of nitrogens with one attached hydrogen (secondary N) is 2. The molecule has 0 aliphatic carbocycles. The summed E-state index contributed by atoms with van der Waals surface area (Å²) in [5, 5.41) is 10.5. The molecular formula is C18H26FN5O. The van der Waals surface area contributed by atoms with Crippen molar-refractivity contribution in [1.29, 1.82) is 0 Å². The first-order valence-electron chi connectivity index (χ1n) is 8.26. The molecule has 136 valence electrons. The number of aromatic nitrogens is 2. The van der Waals surface area contributed by atoms with E-state index in [1.165, 1.54) is 6.07 Å². The standard InChI is InChI=1S/C18H26FN5O/c1-12-6-7-14(10-16(12)19)17(25)21-9-8-20-11-15-13(2)22-24(5)18(15)23(3)4/h6-7,10,20H,8-9,11H2,1-5H3,(H,21,25). The molecule has 0 aliphatic rings. The number of hydrogen-bond acceptors (Lipinski definition) is 4. The van der Waals surface area contributed by atoms with Gasteiger partial charge in [-0.3, -0.25) is 9.48 Å². The molecule has 0 radical (unpaired) electrons. The van der Waals surface area contributed by atoms with Crippen molar-refractivity contribution in [2.24, 2.45) is 7.05 Å². The Morgan fingerprint density at radius 3 is 2.64 bits per heavy atom. The second-order valence-corrected chi connectivity index (χ2v) is 6.30. The first-order chi connectivity index (χ1) is 11.8. The lowest BCUT2D eigenvalue weighted by molar-refractivity contribution is 0.0953. The number of nitrogens with zero attached hydrogens (tertiary/aromatic N) is 3. The number of aryl methyl sites for hydroxylation is 3. The Labute approximate surface area is 148 Å². The Morgan fingerprint density at radius 2 is 2.00 bits per heavy atom. The van der Waals surface area contributed by atoms with E-state index in [1.807, 2.05) is 37.6 Å². The molecule has 6 nitrogen and oxygen atoms in total. The molecule has 0 unspecified atom stereocenters. The maximum atomic E-state index is 13.5. The van der Waals surface area contributed by atoms with Gasteiger partial charge in [0.05, 0.1) is 5.69 Å². The van der Waals surface area contributed by atoms with Crippen molar-refractivity contribution < 1.29 is 9.18 Å². The van der Waals surface area contributed by atoms with E-state index in [0.29, 0.717) is 30.8 Å². The lowest BCUT2D eigenvalue weighted by atomic mass is 10.1. The second kappa shape index (κ2) is 8.11. The van der Waals surface area contributed by atoms with Gasteiger partial charge in [0, 0.05) is 51.9 Å². The summed E-state index contributed by atoms with van der Waals surface area (Å²) < 4.78 is 15.4. The zero-order chi connectivity index (χ0) is 18.6. The van der Waals surface area contributed by atoms with E-state index in [9.17, 15) is 9.18 Å². The fraction of sp³-hybridized carbons (Fsp3) is 0.444. The van der Waals surface area contributed by atoms with Gasteiger partial charge in [0.2, 0.25) is 0 Å². The molecule has 1 amide bonds. The number of anilines is 1. The lowest BCUT2D eigenvalue weighted by Gasteiger charge is -2.15. The Bertz CT molecular complexity index is 754. The van der Waals surface area contributed by atoms with Gasteiger partial charge in [0.15, 0.2) is 0 Å². The molecule has 0 spiro atoms. The van der Waals surface area contributed by atoms with Gasteiger partial charge in [-0.05, 0) is 31.5 Å². The van der Waals surface area contributed by atoms with Gasteiger partial charge >= 0.3 is 0 Å². The molecule has 0 fully saturated rings. The zero-order valence-corrected chi connectivity index (χ0v) is 15.5. The zero-order valence-electron chi connectivity index (χ0n) is 15.5. The quantitative estimate of drug-likeness (QED) is 0.750. The molecule has 0 aliphatic heterocycles. The maximum absolute atomic E-state index is 13.5. The average molecular weight is 347 g/mol. The third kappa shape index (κ3) is 4.57. The van der Waals surface area contributed by atoms with Crippen LogP contribution in [0.5, 0.6) is 0 Å². The number of benzene rings is 1. The fourth-order valence-electron chi connectivity index (χ4n) is 2.77. The highest BCUT2D eigenvalue weighted by atomic mass is 19.1.